The van der Waals surface area contributed by atoms with Gasteiger partial charge in [-0.2, -0.15) is 0 Å². The summed E-state index contributed by atoms with van der Waals surface area (Å²) in [5.74, 6) is 0.203. The lowest BCUT2D eigenvalue weighted by molar-refractivity contribution is -0.117. The van der Waals surface area contributed by atoms with Crippen molar-refractivity contribution in [3.05, 3.63) is 24.3 Å². The molecule has 1 aliphatic heterocycles. The summed E-state index contributed by atoms with van der Waals surface area (Å²) < 4.78 is 0. The Bertz CT molecular complexity index is 365. The number of amides is 1. The zero-order chi connectivity index (χ0) is 10.8. The van der Waals surface area contributed by atoms with Gasteiger partial charge in [0.2, 0.25) is 5.91 Å². The molecule has 15 heavy (non-hydrogen) atoms. The number of rotatable bonds is 2. The fraction of sp³-hybridized carbons (Fsp3) is 0.364. The van der Waals surface area contributed by atoms with E-state index in [1.807, 2.05) is 23.3 Å². The highest BCUT2D eigenvalue weighted by molar-refractivity contribution is 9.09. The van der Waals surface area contributed by atoms with E-state index in [-0.39, 0.29) is 5.91 Å². The molecule has 1 aromatic rings. The average Bonchev–Trinajstić information content (AvgIpc) is 2.58. The molecule has 1 aromatic carbocycles. The van der Waals surface area contributed by atoms with E-state index in [9.17, 15) is 4.79 Å². The number of carbonyl (C=O) groups excluding carboxylic acids is 1. The minimum atomic E-state index is 0.203. The Morgan fingerprint density at radius 3 is 2.53 bits per heavy atom. The monoisotopic (exact) mass is 285 g/mol. The van der Waals surface area contributed by atoms with E-state index in [4.69, 9.17) is 0 Å². The molecule has 80 valence electrons. The molecule has 1 unspecified atom stereocenters. The van der Waals surface area contributed by atoms with Crippen LogP contribution < -0.4 is 4.90 Å². The minimum absolute atomic E-state index is 0.203. The number of benzene rings is 1. The maximum absolute atomic E-state index is 11.6. The van der Waals surface area contributed by atoms with Crippen molar-refractivity contribution in [3.8, 4) is 0 Å². The lowest BCUT2D eigenvalue weighted by atomic mass is 10.3. The molecular formula is C11H12BrNOS. The van der Waals surface area contributed by atoms with Gasteiger partial charge in [0, 0.05) is 28.4 Å². The fourth-order valence-electron chi connectivity index (χ4n) is 1.68. The zero-order valence-corrected chi connectivity index (χ0v) is 10.8. The molecule has 2 rings (SSSR count). The van der Waals surface area contributed by atoms with Crippen molar-refractivity contribution < 1.29 is 4.79 Å². The first-order valence-corrected chi connectivity index (χ1v) is 6.93. The molecule has 0 N–H and O–H groups in total. The Hall–Kier alpha value is -0.480. The van der Waals surface area contributed by atoms with Gasteiger partial charge in [-0.1, -0.05) is 15.9 Å². The molecule has 1 amide bonds. The van der Waals surface area contributed by atoms with Crippen LogP contribution in [0.4, 0.5) is 5.69 Å². The Morgan fingerprint density at radius 2 is 2.07 bits per heavy atom. The topological polar surface area (TPSA) is 20.3 Å². The van der Waals surface area contributed by atoms with Crippen molar-refractivity contribution in [2.45, 2.75) is 16.1 Å². The van der Waals surface area contributed by atoms with E-state index in [0.29, 0.717) is 11.2 Å². The van der Waals surface area contributed by atoms with Crippen molar-refractivity contribution in [3.63, 3.8) is 0 Å². The van der Waals surface area contributed by atoms with Gasteiger partial charge in [-0.25, -0.2) is 0 Å². The van der Waals surface area contributed by atoms with Gasteiger partial charge >= 0.3 is 0 Å². The molecular weight excluding hydrogens is 274 g/mol. The van der Waals surface area contributed by atoms with Gasteiger partial charge in [0.05, 0.1) is 0 Å². The van der Waals surface area contributed by atoms with Gasteiger partial charge in [0.25, 0.3) is 0 Å². The van der Waals surface area contributed by atoms with Crippen molar-refractivity contribution in [2.24, 2.45) is 0 Å². The van der Waals surface area contributed by atoms with Crippen LogP contribution in [0.3, 0.4) is 0 Å². The molecule has 0 saturated carbocycles. The van der Waals surface area contributed by atoms with Crippen LogP contribution in [0, 0.1) is 0 Å². The van der Waals surface area contributed by atoms with Crippen LogP contribution in [-0.2, 0) is 4.79 Å². The fourth-order valence-corrected chi connectivity index (χ4v) is 2.65. The highest BCUT2D eigenvalue weighted by atomic mass is 79.9. The Balaban J connectivity index is 2.19. The third-order valence-electron chi connectivity index (χ3n) is 2.46. The van der Waals surface area contributed by atoms with Crippen LogP contribution in [0.2, 0.25) is 0 Å². The average molecular weight is 286 g/mol. The molecule has 1 atom stereocenters. The molecule has 1 saturated heterocycles. The number of alkyl halides is 1. The zero-order valence-electron chi connectivity index (χ0n) is 8.44. The summed E-state index contributed by atoms with van der Waals surface area (Å²) in [6.07, 6.45) is 2.65. The van der Waals surface area contributed by atoms with E-state index in [1.165, 1.54) is 4.90 Å². The van der Waals surface area contributed by atoms with E-state index in [0.717, 1.165) is 12.2 Å². The molecule has 1 aliphatic rings. The highest BCUT2D eigenvalue weighted by Gasteiger charge is 2.28. The summed E-state index contributed by atoms with van der Waals surface area (Å²) >= 11 is 5.19. The van der Waals surface area contributed by atoms with Crippen LogP contribution in [0.25, 0.3) is 0 Å². The minimum Gasteiger partial charge on any atom is -0.311 e. The smallest absolute Gasteiger partial charge is 0.228 e. The van der Waals surface area contributed by atoms with Crippen molar-refractivity contribution in [2.75, 3.05) is 17.7 Å². The van der Waals surface area contributed by atoms with Crippen LogP contribution >= 0.6 is 27.7 Å². The summed E-state index contributed by atoms with van der Waals surface area (Å²) in [4.78, 5) is 15.0. The van der Waals surface area contributed by atoms with Gasteiger partial charge in [0.1, 0.15) is 0 Å². The summed E-state index contributed by atoms with van der Waals surface area (Å²) in [5, 5.41) is 0. The first kappa shape index (κ1) is 11.0. The molecule has 0 spiro atoms. The maximum atomic E-state index is 11.6. The third-order valence-corrected chi connectivity index (χ3v) is 3.82. The van der Waals surface area contributed by atoms with Gasteiger partial charge in [-0.3, -0.25) is 4.79 Å². The maximum Gasteiger partial charge on any atom is 0.228 e. The Morgan fingerprint density at radius 1 is 1.40 bits per heavy atom. The number of halogens is 1. The van der Waals surface area contributed by atoms with E-state index in [2.05, 4.69) is 28.1 Å². The van der Waals surface area contributed by atoms with Crippen LogP contribution in [0.1, 0.15) is 6.42 Å². The van der Waals surface area contributed by atoms with Crippen molar-refractivity contribution in [1.82, 2.24) is 0 Å². The van der Waals surface area contributed by atoms with Crippen LogP contribution in [0.15, 0.2) is 29.2 Å². The lowest BCUT2D eigenvalue weighted by Gasteiger charge is -2.15. The van der Waals surface area contributed by atoms with E-state index in [1.54, 1.807) is 11.8 Å². The predicted octanol–water partition coefficient (Wildman–Crippen LogP) is 2.91. The Kier molecular flexibility index (Phi) is 3.36. The largest absolute Gasteiger partial charge is 0.311 e. The normalized spacial score (nSPS) is 21.1. The molecule has 0 aromatic heterocycles. The summed E-state index contributed by atoms with van der Waals surface area (Å²) in [6, 6.07) is 8.12. The van der Waals surface area contributed by atoms with Gasteiger partial charge in [-0.05, 0) is 30.5 Å². The molecule has 0 bridgehead atoms. The lowest BCUT2D eigenvalue weighted by Crippen LogP contribution is -2.24. The van der Waals surface area contributed by atoms with Gasteiger partial charge in [0.15, 0.2) is 0 Å². The summed E-state index contributed by atoms with van der Waals surface area (Å²) in [7, 11) is 0. The van der Waals surface area contributed by atoms with E-state index >= 15 is 0 Å². The number of nitrogens with zero attached hydrogens (tertiary/aromatic N) is 1. The van der Waals surface area contributed by atoms with Crippen LogP contribution in [-0.4, -0.2) is 23.5 Å². The highest BCUT2D eigenvalue weighted by Crippen LogP contribution is 2.26. The van der Waals surface area contributed by atoms with Crippen molar-refractivity contribution in [1.29, 1.82) is 0 Å². The standard InChI is InChI=1S/C11H12BrNOS/c1-15-10-4-2-9(3-5-10)13-7-8(12)6-11(13)14/h2-5,8H,6-7H2,1H3. The number of thioether (sulfide) groups is 1. The van der Waals surface area contributed by atoms with Gasteiger partial charge in [-0.15, -0.1) is 11.8 Å². The van der Waals surface area contributed by atoms with E-state index < -0.39 is 0 Å². The second kappa shape index (κ2) is 4.58. The number of anilines is 1. The molecule has 0 aliphatic carbocycles. The SMILES string of the molecule is CSc1ccc(N2CC(Br)CC2=O)cc1. The van der Waals surface area contributed by atoms with Crippen molar-refractivity contribution >= 4 is 39.3 Å². The third kappa shape index (κ3) is 2.37. The second-order valence-corrected chi connectivity index (χ2v) is 5.68. The van der Waals surface area contributed by atoms with Crippen LogP contribution in [0.5, 0.6) is 0 Å². The molecule has 2 nitrogen and oxygen atoms in total. The molecule has 0 radical (unpaired) electrons. The predicted molar refractivity (Wildman–Crippen MR) is 67.9 cm³/mol. The first-order chi connectivity index (χ1) is 7.20. The number of hydrogen-bond acceptors (Lipinski definition) is 2. The molecule has 1 heterocycles. The first-order valence-electron chi connectivity index (χ1n) is 4.79. The summed E-state index contributed by atoms with van der Waals surface area (Å²) in [6.45, 7) is 0.775. The number of hydrogen-bond donors (Lipinski definition) is 0. The summed E-state index contributed by atoms with van der Waals surface area (Å²) in [5.41, 5.74) is 1.000. The Labute approximate surface area is 102 Å². The number of carbonyl (C=O) groups is 1. The van der Waals surface area contributed by atoms with Gasteiger partial charge < -0.3 is 4.90 Å². The quantitative estimate of drug-likeness (QED) is 0.615. The molecule has 1 fully saturated rings. The molecule has 4 heteroatoms. The second-order valence-electron chi connectivity index (χ2n) is 3.50.